The highest BCUT2D eigenvalue weighted by atomic mass is 19.4. The third kappa shape index (κ3) is 4.27. The molecule has 1 aromatic carbocycles. The van der Waals surface area contributed by atoms with Gasteiger partial charge in [-0.1, -0.05) is 13.0 Å². The molecule has 22 heavy (non-hydrogen) atoms. The molecule has 122 valence electrons. The van der Waals surface area contributed by atoms with Gasteiger partial charge in [-0.3, -0.25) is 4.90 Å². The molecule has 0 radical (unpaired) electrons. The molecule has 1 saturated heterocycles. The lowest BCUT2D eigenvalue weighted by Gasteiger charge is -2.34. The van der Waals surface area contributed by atoms with Crippen LogP contribution in [-0.4, -0.2) is 42.5 Å². The number of piperazine rings is 1. The summed E-state index contributed by atoms with van der Waals surface area (Å²) < 4.78 is 39.3. The van der Waals surface area contributed by atoms with Gasteiger partial charge in [-0.15, -0.1) is 4.91 Å². The molecule has 0 saturated carbocycles. The topological polar surface area (TPSA) is 35.9 Å². The molecule has 0 atom stereocenters. The first-order valence-electron chi connectivity index (χ1n) is 7.42. The largest absolute Gasteiger partial charge is 0.416 e. The molecule has 0 aliphatic carbocycles. The highest BCUT2D eigenvalue weighted by molar-refractivity contribution is 5.45. The molecule has 1 aliphatic heterocycles. The fourth-order valence-electron chi connectivity index (χ4n) is 2.75. The number of nitroso groups, excluding NO2 is 1. The zero-order valence-electron chi connectivity index (χ0n) is 12.6. The summed E-state index contributed by atoms with van der Waals surface area (Å²) >= 11 is 0. The average Bonchev–Trinajstić information content (AvgIpc) is 2.49. The number of benzene rings is 1. The quantitative estimate of drug-likeness (QED) is 0.779. The molecule has 0 spiro atoms. The van der Waals surface area contributed by atoms with E-state index in [-0.39, 0.29) is 17.8 Å². The molecule has 7 heteroatoms. The van der Waals surface area contributed by atoms with Gasteiger partial charge in [0.15, 0.2) is 0 Å². The van der Waals surface area contributed by atoms with E-state index < -0.39 is 11.7 Å². The van der Waals surface area contributed by atoms with Crippen molar-refractivity contribution < 1.29 is 13.2 Å². The predicted octanol–water partition coefficient (Wildman–Crippen LogP) is 3.63. The maximum Gasteiger partial charge on any atom is 0.416 e. The summed E-state index contributed by atoms with van der Waals surface area (Å²) in [4.78, 5) is 14.8. The molecule has 1 fully saturated rings. The summed E-state index contributed by atoms with van der Waals surface area (Å²) in [6.45, 7) is 6.65. The van der Waals surface area contributed by atoms with Crippen molar-refractivity contribution in [1.82, 2.24) is 9.80 Å². The van der Waals surface area contributed by atoms with E-state index in [1.807, 2.05) is 4.90 Å². The minimum Gasteiger partial charge on any atom is -0.301 e. The first-order chi connectivity index (χ1) is 10.4. The van der Waals surface area contributed by atoms with Crippen LogP contribution in [0.2, 0.25) is 0 Å². The van der Waals surface area contributed by atoms with Crippen LogP contribution in [0.5, 0.6) is 0 Å². The van der Waals surface area contributed by atoms with Gasteiger partial charge in [-0.25, -0.2) is 0 Å². The fourth-order valence-corrected chi connectivity index (χ4v) is 2.75. The van der Waals surface area contributed by atoms with Crippen LogP contribution in [0.3, 0.4) is 0 Å². The average molecular weight is 315 g/mol. The second kappa shape index (κ2) is 7.19. The van der Waals surface area contributed by atoms with Crippen LogP contribution in [0.25, 0.3) is 0 Å². The van der Waals surface area contributed by atoms with E-state index in [1.165, 1.54) is 12.1 Å². The van der Waals surface area contributed by atoms with Crippen LogP contribution >= 0.6 is 0 Å². The summed E-state index contributed by atoms with van der Waals surface area (Å²) in [5.74, 6) is 0. The zero-order chi connectivity index (χ0) is 16.2. The van der Waals surface area contributed by atoms with E-state index in [1.54, 1.807) is 0 Å². The molecule has 0 unspecified atom stereocenters. The minimum absolute atomic E-state index is 0.191. The van der Waals surface area contributed by atoms with Crippen molar-refractivity contribution in [3.8, 4) is 0 Å². The van der Waals surface area contributed by atoms with Crippen molar-refractivity contribution in [2.45, 2.75) is 26.1 Å². The number of halogens is 3. The number of nitrogens with zero attached hydrogens (tertiary/aromatic N) is 3. The van der Waals surface area contributed by atoms with Crippen molar-refractivity contribution in [2.24, 2.45) is 5.18 Å². The first kappa shape index (κ1) is 16.9. The van der Waals surface area contributed by atoms with Crippen molar-refractivity contribution in [1.29, 1.82) is 0 Å². The Hall–Kier alpha value is -1.47. The lowest BCUT2D eigenvalue weighted by Crippen LogP contribution is -2.46. The Kier molecular flexibility index (Phi) is 5.52. The van der Waals surface area contributed by atoms with E-state index in [2.05, 4.69) is 17.0 Å². The van der Waals surface area contributed by atoms with Gasteiger partial charge in [0.2, 0.25) is 0 Å². The summed E-state index contributed by atoms with van der Waals surface area (Å²) in [5.41, 5.74) is -0.756. The predicted molar refractivity (Wildman–Crippen MR) is 78.9 cm³/mol. The Morgan fingerprint density at radius 3 is 2.32 bits per heavy atom. The minimum atomic E-state index is -4.47. The van der Waals surface area contributed by atoms with E-state index in [4.69, 9.17) is 0 Å². The van der Waals surface area contributed by atoms with Crippen molar-refractivity contribution in [3.63, 3.8) is 0 Å². The van der Waals surface area contributed by atoms with Gasteiger partial charge in [0.05, 0.1) is 5.56 Å². The van der Waals surface area contributed by atoms with Crippen LogP contribution in [0, 0.1) is 4.91 Å². The van der Waals surface area contributed by atoms with Gasteiger partial charge in [0.25, 0.3) is 0 Å². The summed E-state index contributed by atoms with van der Waals surface area (Å²) in [5, 5.41) is 2.59. The number of hydrogen-bond acceptors (Lipinski definition) is 4. The molecule has 4 nitrogen and oxygen atoms in total. The summed E-state index contributed by atoms with van der Waals surface area (Å²) in [6.07, 6.45) is -3.39. The molecular formula is C15H20F3N3O. The molecule has 0 amide bonds. The van der Waals surface area contributed by atoms with Gasteiger partial charge in [-0.05, 0) is 35.8 Å². The maximum absolute atomic E-state index is 13.1. The Morgan fingerprint density at radius 1 is 1.14 bits per heavy atom. The van der Waals surface area contributed by atoms with Crippen molar-refractivity contribution >= 4 is 5.69 Å². The Morgan fingerprint density at radius 2 is 1.77 bits per heavy atom. The van der Waals surface area contributed by atoms with Crippen molar-refractivity contribution in [3.05, 3.63) is 34.2 Å². The Labute approximate surface area is 127 Å². The third-order valence-electron chi connectivity index (χ3n) is 3.90. The van der Waals surface area contributed by atoms with Gasteiger partial charge >= 0.3 is 6.18 Å². The standard InChI is InChI=1S/C15H20F3N3O/c1-2-5-20-6-8-21(9-7-20)11-12-3-4-13(19-22)10-14(12)15(16,17)18/h3-4,10H,2,5-9,11H2,1H3. The van der Waals surface area contributed by atoms with Gasteiger partial charge in [-0.2, -0.15) is 13.2 Å². The lowest BCUT2D eigenvalue weighted by molar-refractivity contribution is -0.138. The zero-order valence-corrected chi connectivity index (χ0v) is 12.6. The van der Waals surface area contributed by atoms with E-state index in [9.17, 15) is 18.1 Å². The van der Waals surface area contributed by atoms with Crippen LogP contribution < -0.4 is 0 Å². The molecular weight excluding hydrogens is 295 g/mol. The molecule has 0 bridgehead atoms. The molecule has 1 heterocycles. The van der Waals surface area contributed by atoms with Crippen molar-refractivity contribution in [2.75, 3.05) is 32.7 Å². The summed E-state index contributed by atoms with van der Waals surface area (Å²) in [7, 11) is 0. The SMILES string of the molecule is CCCN1CCN(Cc2ccc(N=O)cc2C(F)(F)F)CC1. The molecule has 0 aromatic heterocycles. The van der Waals surface area contributed by atoms with Gasteiger partial charge in [0, 0.05) is 32.7 Å². The second-order valence-electron chi connectivity index (χ2n) is 5.55. The van der Waals surface area contributed by atoms with E-state index >= 15 is 0 Å². The van der Waals surface area contributed by atoms with Gasteiger partial charge < -0.3 is 4.90 Å². The first-order valence-corrected chi connectivity index (χ1v) is 7.42. The molecule has 2 rings (SSSR count). The number of hydrogen-bond donors (Lipinski definition) is 0. The third-order valence-corrected chi connectivity index (χ3v) is 3.90. The number of alkyl halides is 3. The van der Waals surface area contributed by atoms with E-state index in [0.717, 1.165) is 45.2 Å². The second-order valence-corrected chi connectivity index (χ2v) is 5.55. The number of rotatable bonds is 5. The Bertz CT molecular complexity index is 511. The Balaban J connectivity index is 2.08. The normalized spacial score (nSPS) is 17.6. The highest BCUT2D eigenvalue weighted by Crippen LogP contribution is 2.35. The molecule has 1 aromatic rings. The van der Waals surface area contributed by atoms with Crippen LogP contribution in [0.1, 0.15) is 24.5 Å². The van der Waals surface area contributed by atoms with Crippen LogP contribution in [0.4, 0.5) is 18.9 Å². The van der Waals surface area contributed by atoms with Crippen LogP contribution in [-0.2, 0) is 12.7 Å². The molecule has 1 aliphatic rings. The fraction of sp³-hybridized carbons (Fsp3) is 0.600. The van der Waals surface area contributed by atoms with Crippen LogP contribution in [0.15, 0.2) is 23.4 Å². The highest BCUT2D eigenvalue weighted by Gasteiger charge is 2.34. The smallest absolute Gasteiger partial charge is 0.301 e. The van der Waals surface area contributed by atoms with Gasteiger partial charge in [0.1, 0.15) is 5.69 Å². The summed E-state index contributed by atoms with van der Waals surface area (Å²) in [6, 6.07) is 3.53. The molecule has 0 N–H and O–H groups in total. The maximum atomic E-state index is 13.1. The monoisotopic (exact) mass is 315 g/mol. The lowest BCUT2D eigenvalue weighted by atomic mass is 10.0. The van der Waals surface area contributed by atoms with E-state index in [0.29, 0.717) is 0 Å².